The maximum absolute atomic E-state index is 12.3. The molecule has 0 bridgehead atoms. The van der Waals surface area contributed by atoms with E-state index in [2.05, 4.69) is 4.99 Å². The van der Waals surface area contributed by atoms with Gasteiger partial charge in [-0.2, -0.15) is 0 Å². The van der Waals surface area contributed by atoms with Crippen LogP contribution >= 0.6 is 0 Å². The number of carbonyl (C=O) groups excluding carboxylic acids is 1. The molecule has 0 atom stereocenters. The van der Waals surface area contributed by atoms with Crippen molar-refractivity contribution in [3.8, 4) is 0 Å². The van der Waals surface area contributed by atoms with E-state index < -0.39 is 0 Å². The van der Waals surface area contributed by atoms with E-state index in [1.54, 1.807) is 0 Å². The van der Waals surface area contributed by atoms with E-state index >= 15 is 0 Å². The molecular weight excluding hydrogens is 246 g/mol. The molecule has 3 aromatic carbocycles. The first-order valence-corrected chi connectivity index (χ1v) is 6.55. The van der Waals surface area contributed by atoms with Gasteiger partial charge in [-0.25, -0.2) is 4.99 Å². The minimum Gasteiger partial charge on any atom is -0.267 e. The second-order valence-electron chi connectivity index (χ2n) is 4.84. The number of rotatable bonds is 1. The maximum Gasteiger partial charge on any atom is 0.278 e. The molecule has 2 heteroatoms. The Kier molecular flexibility index (Phi) is 2.30. The number of hydrogen-bond donors (Lipinski definition) is 0. The van der Waals surface area contributed by atoms with Crippen LogP contribution in [0.2, 0.25) is 0 Å². The zero-order valence-electron chi connectivity index (χ0n) is 10.7. The molecule has 0 aliphatic carbocycles. The van der Waals surface area contributed by atoms with Gasteiger partial charge in [0.1, 0.15) is 0 Å². The second kappa shape index (κ2) is 4.14. The normalized spacial score (nSPS) is 13.4. The van der Waals surface area contributed by atoms with Crippen molar-refractivity contribution in [1.82, 2.24) is 0 Å². The molecule has 1 heterocycles. The highest BCUT2D eigenvalue weighted by Gasteiger charge is 2.22. The van der Waals surface area contributed by atoms with E-state index in [1.807, 2.05) is 66.7 Å². The molecule has 0 radical (unpaired) electrons. The highest BCUT2D eigenvalue weighted by molar-refractivity contribution is 6.30. The summed E-state index contributed by atoms with van der Waals surface area (Å²) in [7, 11) is 0. The fourth-order valence-electron chi connectivity index (χ4n) is 2.75. The molecule has 0 saturated carbocycles. The molecule has 0 aromatic heterocycles. The zero-order chi connectivity index (χ0) is 13.5. The maximum atomic E-state index is 12.3. The van der Waals surface area contributed by atoms with Gasteiger partial charge in [0, 0.05) is 16.5 Å². The number of nitrogens with zero attached hydrogens (tertiary/aromatic N) is 1. The van der Waals surface area contributed by atoms with Gasteiger partial charge in [-0.05, 0) is 11.5 Å². The lowest BCUT2D eigenvalue weighted by Gasteiger charge is -2.16. The summed E-state index contributed by atoms with van der Waals surface area (Å²) in [6.45, 7) is 0. The van der Waals surface area contributed by atoms with Crippen molar-refractivity contribution in [2.75, 3.05) is 0 Å². The molecule has 1 amide bonds. The number of carbonyl (C=O) groups is 1. The summed E-state index contributed by atoms with van der Waals surface area (Å²) in [6, 6.07) is 21.7. The summed E-state index contributed by atoms with van der Waals surface area (Å²) in [5, 5.41) is 2.09. The lowest BCUT2D eigenvalue weighted by atomic mass is 9.91. The van der Waals surface area contributed by atoms with Gasteiger partial charge in [-0.1, -0.05) is 60.7 Å². The van der Waals surface area contributed by atoms with Crippen LogP contribution in [-0.4, -0.2) is 11.6 Å². The quantitative estimate of drug-likeness (QED) is 0.651. The van der Waals surface area contributed by atoms with Crippen LogP contribution in [0.15, 0.2) is 71.7 Å². The van der Waals surface area contributed by atoms with Gasteiger partial charge in [-0.3, -0.25) is 4.79 Å². The summed E-state index contributed by atoms with van der Waals surface area (Å²) in [5.74, 6) is -0.159. The number of benzene rings is 3. The topological polar surface area (TPSA) is 29.4 Å². The Hall–Kier alpha value is -2.74. The van der Waals surface area contributed by atoms with Crippen LogP contribution in [0.3, 0.4) is 0 Å². The molecule has 20 heavy (non-hydrogen) atoms. The highest BCUT2D eigenvalue weighted by Crippen LogP contribution is 2.29. The summed E-state index contributed by atoms with van der Waals surface area (Å²) in [6.07, 6.45) is 0. The van der Waals surface area contributed by atoms with Crippen LogP contribution in [0.5, 0.6) is 0 Å². The van der Waals surface area contributed by atoms with Crippen molar-refractivity contribution in [2.24, 2.45) is 4.99 Å². The third-order valence-corrected chi connectivity index (χ3v) is 3.65. The second-order valence-corrected chi connectivity index (χ2v) is 4.84. The molecule has 4 rings (SSSR count). The Labute approximate surface area is 116 Å². The fraction of sp³-hybridized carbons (Fsp3) is 0. The predicted molar refractivity (Wildman–Crippen MR) is 80.4 cm³/mol. The molecule has 1 aliphatic heterocycles. The summed E-state index contributed by atoms with van der Waals surface area (Å²) in [4.78, 5) is 16.6. The molecule has 0 fully saturated rings. The zero-order valence-corrected chi connectivity index (χ0v) is 10.7. The average Bonchev–Trinajstić information content (AvgIpc) is 2.52. The lowest BCUT2D eigenvalue weighted by Crippen LogP contribution is -2.14. The predicted octanol–water partition coefficient (Wildman–Crippen LogP) is 3.83. The van der Waals surface area contributed by atoms with E-state index in [0.29, 0.717) is 5.56 Å². The van der Waals surface area contributed by atoms with Gasteiger partial charge in [0.25, 0.3) is 5.91 Å². The Morgan fingerprint density at radius 3 is 2.15 bits per heavy atom. The van der Waals surface area contributed by atoms with Gasteiger partial charge < -0.3 is 0 Å². The first-order valence-electron chi connectivity index (χ1n) is 6.55. The van der Waals surface area contributed by atoms with Crippen LogP contribution in [-0.2, 0) is 0 Å². The van der Waals surface area contributed by atoms with Gasteiger partial charge in [0.15, 0.2) is 0 Å². The minimum atomic E-state index is -0.159. The SMILES string of the molecule is O=C1N=C(c2ccccc2)c2cccc3cccc1c23. The van der Waals surface area contributed by atoms with Crippen LogP contribution < -0.4 is 0 Å². The minimum absolute atomic E-state index is 0.159. The summed E-state index contributed by atoms with van der Waals surface area (Å²) >= 11 is 0. The van der Waals surface area contributed by atoms with Crippen LogP contribution in [0.25, 0.3) is 10.8 Å². The molecule has 0 spiro atoms. The van der Waals surface area contributed by atoms with Gasteiger partial charge in [0.2, 0.25) is 0 Å². The standard InChI is InChI=1S/C18H11NO/c20-18-15-11-5-9-12-8-4-10-14(16(12)15)17(19-18)13-6-2-1-3-7-13/h1-11H. The Morgan fingerprint density at radius 2 is 1.40 bits per heavy atom. The smallest absolute Gasteiger partial charge is 0.267 e. The third kappa shape index (κ3) is 1.51. The first-order chi connectivity index (χ1) is 9.84. The molecule has 2 nitrogen and oxygen atoms in total. The van der Waals surface area contributed by atoms with E-state index in [0.717, 1.165) is 27.6 Å². The van der Waals surface area contributed by atoms with Crippen molar-refractivity contribution >= 4 is 22.4 Å². The molecule has 94 valence electrons. The van der Waals surface area contributed by atoms with Crippen molar-refractivity contribution in [3.63, 3.8) is 0 Å². The third-order valence-electron chi connectivity index (χ3n) is 3.65. The Balaban J connectivity index is 2.09. The van der Waals surface area contributed by atoms with Crippen LogP contribution in [0.1, 0.15) is 21.5 Å². The molecular formula is C18H11NO. The van der Waals surface area contributed by atoms with E-state index in [1.165, 1.54) is 0 Å². The lowest BCUT2D eigenvalue weighted by molar-refractivity contribution is 0.100. The fourth-order valence-corrected chi connectivity index (χ4v) is 2.75. The van der Waals surface area contributed by atoms with Crippen LogP contribution in [0.4, 0.5) is 0 Å². The Bertz CT molecular complexity index is 858. The number of amides is 1. The monoisotopic (exact) mass is 257 g/mol. The van der Waals surface area contributed by atoms with Gasteiger partial charge >= 0.3 is 0 Å². The van der Waals surface area contributed by atoms with Gasteiger partial charge in [0.05, 0.1) is 11.3 Å². The van der Waals surface area contributed by atoms with Crippen molar-refractivity contribution < 1.29 is 4.79 Å². The van der Waals surface area contributed by atoms with Crippen molar-refractivity contribution in [1.29, 1.82) is 0 Å². The largest absolute Gasteiger partial charge is 0.278 e. The van der Waals surface area contributed by atoms with E-state index in [-0.39, 0.29) is 5.91 Å². The average molecular weight is 257 g/mol. The van der Waals surface area contributed by atoms with Gasteiger partial charge in [-0.15, -0.1) is 0 Å². The number of hydrogen-bond acceptors (Lipinski definition) is 1. The molecule has 0 unspecified atom stereocenters. The van der Waals surface area contributed by atoms with Crippen molar-refractivity contribution in [3.05, 3.63) is 83.4 Å². The summed E-state index contributed by atoms with van der Waals surface area (Å²) < 4.78 is 0. The highest BCUT2D eigenvalue weighted by atomic mass is 16.1. The Morgan fingerprint density at radius 1 is 0.700 bits per heavy atom. The van der Waals surface area contributed by atoms with E-state index in [4.69, 9.17) is 0 Å². The molecule has 1 aliphatic rings. The molecule has 0 N–H and O–H groups in total. The first kappa shape index (κ1) is 11.1. The van der Waals surface area contributed by atoms with Crippen molar-refractivity contribution in [2.45, 2.75) is 0 Å². The molecule has 0 saturated heterocycles. The summed E-state index contributed by atoms with van der Waals surface area (Å²) in [5.41, 5.74) is 3.46. The van der Waals surface area contributed by atoms with E-state index in [9.17, 15) is 4.79 Å². The van der Waals surface area contributed by atoms with Crippen LogP contribution in [0, 0.1) is 0 Å². The molecule has 3 aromatic rings. The number of aliphatic imine (C=N–C) groups is 1.